The van der Waals surface area contributed by atoms with Crippen LogP contribution in [0.5, 0.6) is 0 Å². The lowest BCUT2D eigenvalue weighted by Crippen LogP contribution is -2.47. The second-order valence-corrected chi connectivity index (χ2v) is 5.14. The first-order chi connectivity index (χ1) is 8.88. The Bertz CT molecular complexity index is 602. The van der Waals surface area contributed by atoms with Crippen LogP contribution in [0.3, 0.4) is 0 Å². The average Bonchev–Trinajstić information content (AvgIpc) is 2.68. The lowest BCUT2D eigenvalue weighted by Gasteiger charge is -2.20. The van der Waals surface area contributed by atoms with Crippen molar-refractivity contribution in [3.8, 4) is 0 Å². The maximum absolute atomic E-state index is 11.0. The van der Waals surface area contributed by atoms with Crippen molar-refractivity contribution in [3.63, 3.8) is 0 Å². The minimum absolute atomic E-state index is 0.595. The van der Waals surface area contributed by atoms with Crippen molar-refractivity contribution in [2.45, 2.75) is 32.7 Å². The van der Waals surface area contributed by atoms with E-state index in [-0.39, 0.29) is 0 Å². The number of benzene rings is 1. The van der Waals surface area contributed by atoms with Gasteiger partial charge in [-0.2, -0.15) is 0 Å². The van der Waals surface area contributed by atoms with Gasteiger partial charge in [-0.05, 0) is 38.0 Å². The number of aromatic nitrogens is 1. The third-order valence-corrected chi connectivity index (χ3v) is 3.08. The number of carboxylic acid groups (broad SMARTS) is 1. The first-order valence-corrected chi connectivity index (χ1v) is 6.23. The highest BCUT2D eigenvalue weighted by Crippen LogP contribution is 2.17. The van der Waals surface area contributed by atoms with Crippen LogP contribution >= 0.6 is 0 Å². The molecule has 0 atom stereocenters. The van der Waals surface area contributed by atoms with Gasteiger partial charge in [0.2, 0.25) is 0 Å². The number of carboxylic acids is 1. The number of carbonyl (C=O) groups is 1. The molecule has 0 aliphatic carbocycles. The summed E-state index contributed by atoms with van der Waals surface area (Å²) in [6, 6.07) is 5.86. The second kappa shape index (κ2) is 5.01. The topological polar surface area (TPSA) is 75.4 Å². The van der Waals surface area contributed by atoms with Crippen LogP contribution in [0.15, 0.2) is 22.6 Å². The molecule has 1 aromatic carbocycles. The minimum Gasteiger partial charge on any atom is -0.480 e. The zero-order chi connectivity index (χ0) is 14.0. The number of nitrogens with zero attached hydrogens (tertiary/aromatic N) is 1. The summed E-state index contributed by atoms with van der Waals surface area (Å²) in [6.07, 6.45) is 0.742. The van der Waals surface area contributed by atoms with Crippen molar-refractivity contribution in [1.82, 2.24) is 10.3 Å². The van der Waals surface area contributed by atoms with E-state index in [1.54, 1.807) is 13.8 Å². The van der Waals surface area contributed by atoms with Crippen LogP contribution in [0.2, 0.25) is 0 Å². The van der Waals surface area contributed by atoms with Crippen LogP contribution in [0.1, 0.15) is 25.3 Å². The highest BCUT2D eigenvalue weighted by Gasteiger charge is 2.25. The number of aliphatic carboxylic acids is 1. The van der Waals surface area contributed by atoms with Crippen LogP contribution in [-0.2, 0) is 11.2 Å². The van der Waals surface area contributed by atoms with Gasteiger partial charge in [-0.15, -0.1) is 0 Å². The number of aryl methyl sites for hydroxylation is 1. The Labute approximate surface area is 111 Å². The largest absolute Gasteiger partial charge is 0.480 e. The van der Waals surface area contributed by atoms with Crippen LogP contribution in [0, 0.1) is 6.92 Å². The summed E-state index contributed by atoms with van der Waals surface area (Å²) in [5, 5.41) is 12.0. The molecule has 1 heterocycles. The normalized spacial score (nSPS) is 11.9. The summed E-state index contributed by atoms with van der Waals surface area (Å²) in [7, 11) is 0. The fraction of sp³-hybridized carbons (Fsp3) is 0.429. The lowest BCUT2D eigenvalue weighted by atomic mass is 10.1. The molecule has 0 bridgehead atoms. The number of oxazole rings is 1. The van der Waals surface area contributed by atoms with Crippen LogP contribution in [-0.4, -0.2) is 28.1 Å². The van der Waals surface area contributed by atoms with Gasteiger partial charge in [-0.3, -0.25) is 4.79 Å². The van der Waals surface area contributed by atoms with Crippen LogP contribution < -0.4 is 5.32 Å². The van der Waals surface area contributed by atoms with E-state index in [1.165, 1.54) is 0 Å². The molecule has 2 aromatic rings. The number of hydrogen-bond acceptors (Lipinski definition) is 4. The maximum atomic E-state index is 11.0. The Balaban J connectivity index is 2.00. The van der Waals surface area contributed by atoms with Gasteiger partial charge in [0.15, 0.2) is 11.5 Å². The molecule has 1 aromatic heterocycles. The Morgan fingerprint density at radius 2 is 2.21 bits per heavy atom. The van der Waals surface area contributed by atoms with Crippen molar-refractivity contribution in [2.24, 2.45) is 0 Å². The second-order valence-electron chi connectivity index (χ2n) is 5.14. The van der Waals surface area contributed by atoms with Gasteiger partial charge in [-0.1, -0.05) is 6.07 Å². The first-order valence-electron chi connectivity index (χ1n) is 6.23. The Morgan fingerprint density at radius 1 is 1.47 bits per heavy atom. The molecule has 5 heteroatoms. The molecule has 5 nitrogen and oxygen atoms in total. The van der Waals surface area contributed by atoms with Gasteiger partial charge < -0.3 is 14.8 Å². The van der Waals surface area contributed by atoms with Gasteiger partial charge in [-0.25, -0.2) is 4.98 Å². The molecule has 0 radical (unpaired) electrons. The summed E-state index contributed by atoms with van der Waals surface area (Å²) in [5.74, 6) is -0.203. The molecule has 2 N–H and O–H groups in total. The summed E-state index contributed by atoms with van der Waals surface area (Å²) >= 11 is 0. The van der Waals surface area contributed by atoms with Gasteiger partial charge in [0.25, 0.3) is 0 Å². The summed E-state index contributed by atoms with van der Waals surface area (Å²) in [6.45, 7) is 5.71. The van der Waals surface area contributed by atoms with Crippen LogP contribution in [0.4, 0.5) is 0 Å². The quantitative estimate of drug-likeness (QED) is 0.863. The van der Waals surface area contributed by atoms with E-state index < -0.39 is 11.5 Å². The fourth-order valence-corrected chi connectivity index (χ4v) is 1.83. The van der Waals surface area contributed by atoms with Crippen molar-refractivity contribution in [3.05, 3.63) is 29.7 Å². The Kier molecular flexibility index (Phi) is 3.57. The molecule has 0 saturated carbocycles. The molecule has 2 rings (SSSR count). The lowest BCUT2D eigenvalue weighted by molar-refractivity contribution is -0.143. The molecular weight excluding hydrogens is 244 g/mol. The van der Waals surface area contributed by atoms with Gasteiger partial charge in [0, 0.05) is 13.5 Å². The smallest absolute Gasteiger partial charge is 0.323 e. The third kappa shape index (κ3) is 3.12. The summed E-state index contributed by atoms with van der Waals surface area (Å²) in [5.41, 5.74) is 1.80. The van der Waals surface area contributed by atoms with Crippen molar-refractivity contribution >= 4 is 17.1 Å². The SMILES string of the molecule is Cc1nc2ccc(CCNC(C)(C)C(=O)O)cc2o1. The Hall–Kier alpha value is -1.88. The minimum atomic E-state index is -0.910. The average molecular weight is 262 g/mol. The molecule has 0 unspecified atom stereocenters. The highest BCUT2D eigenvalue weighted by molar-refractivity contribution is 5.77. The molecule has 0 amide bonds. The van der Waals surface area contributed by atoms with Gasteiger partial charge in [0.05, 0.1) is 0 Å². The van der Waals surface area contributed by atoms with Crippen molar-refractivity contribution in [2.75, 3.05) is 6.54 Å². The number of rotatable bonds is 5. The van der Waals surface area contributed by atoms with E-state index in [1.807, 2.05) is 25.1 Å². The van der Waals surface area contributed by atoms with E-state index >= 15 is 0 Å². The summed E-state index contributed by atoms with van der Waals surface area (Å²) < 4.78 is 5.47. The molecule has 0 aliphatic rings. The van der Waals surface area contributed by atoms with E-state index in [0.717, 1.165) is 23.1 Å². The predicted octanol–water partition coefficient (Wildman–Crippen LogP) is 2.13. The standard InChI is InChI=1S/C14H18N2O3/c1-9-16-11-5-4-10(8-12(11)19-9)6-7-15-14(2,3)13(17)18/h4-5,8,15H,6-7H2,1-3H3,(H,17,18). The summed E-state index contributed by atoms with van der Waals surface area (Å²) in [4.78, 5) is 15.2. The predicted molar refractivity (Wildman–Crippen MR) is 72.2 cm³/mol. The Morgan fingerprint density at radius 3 is 2.89 bits per heavy atom. The zero-order valence-corrected chi connectivity index (χ0v) is 11.4. The molecule has 0 saturated heterocycles. The number of hydrogen-bond donors (Lipinski definition) is 2. The zero-order valence-electron chi connectivity index (χ0n) is 11.4. The van der Waals surface area contributed by atoms with Crippen molar-refractivity contribution < 1.29 is 14.3 Å². The van der Waals surface area contributed by atoms with Gasteiger partial charge >= 0.3 is 5.97 Å². The van der Waals surface area contributed by atoms with E-state index in [4.69, 9.17) is 9.52 Å². The van der Waals surface area contributed by atoms with Crippen molar-refractivity contribution in [1.29, 1.82) is 0 Å². The van der Waals surface area contributed by atoms with Crippen LogP contribution in [0.25, 0.3) is 11.1 Å². The van der Waals surface area contributed by atoms with E-state index in [2.05, 4.69) is 10.3 Å². The third-order valence-electron chi connectivity index (χ3n) is 3.08. The van der Waals surface area contributed by atoms with E-state index in [0.29, 0.717) is 12.4 Å². The number of fused-ring (bicyclic) bond motifs is 1. The molecule has 19 heavy (non-hydrogen) atoms. The molecular formula is C14H18N2O3. The first kappa shape index (κ1) is 13.5. The monoisotopic (exact) mass is 262 g/mol. The highest BCUT2D eigenvalue weighted by atomic mass is 16.4. The number of nitrogens with one attached hydrogen (secondary N) is 1. The fourth-order valence-electron chi connectivity index (χ4n) is 1.83. The molecule has 0 spiro atoms. The van der Waals surface area contributed by atoms with E-state index in [9.17, 15) is 4.79 Å². The molecule has 0 fully saturated rings. The molecule has 102 valence electrons. The molecule has 0 aliphatic heterocycles. The maximum Gasteiger partial charge on any atom is 0.323 e. The van der Waals surface area contributed by atoms with Gasteiger partial charge in [0.1, 0.15) is 11.1 Å².